The van der Waals surface area contributed by atoms with Crippen molar-refractivity contribution in [3.05, 3.63) is 17.5 Å². The summed E-state index contributed by atoms with van der Waals surface area (Å²) >= 11 is 0. The Kier molecular flexibility index (Phi) is 6.15. The smallest absolute Gasteiger partial charge is 0.222 e. The van der Waals surface area contributed by atoms with Gasteiger partial charge in [-0.25, -0.2) is 0 Å². The molecule has 0 aliphatic carbocycles. The van der Waals surface area contributed by atoms with Crippen LogP contribution < -0.4 is 0 Å². The zero-order valence-corrected chi connectivity index (χ0v) is 16.2. The van der Waals surface area contributed by atoms with Gasteiger partial charge in [-0.3, -0.25) is 14.4 Å². The molecule has 2 aliphatic rings. The van der Waals surface area contributed by atoms with Crippen molar-refractivity contribution < 1.29 is 4.79 Å². The van der Waals surface area contributed by atoms with E-state index in [1.165, 1.54) is 31.4 Å². The van der Waals surface area contributed by atoms with E-state index >= 15 is 0 Å². The Bertz CT molecular complexity index is 568. The van der Waals surface area contributed by atoms with Crippen LogP contribution in [-0.4, -0.2) is 57.7 Å². The minimum atomic E-state index is 0.387. The fraction of sp³-hybridized carbons (Fsp3) is 0.800. The van der Waals surface area contributed by atoms with Crippen LogP contribution in [0.4, 0.5) is 0 Å². The second-order valence-corrected chi connectivity index (χ2v) is 8.06. The number of carbonyl (C=O) groups excluding carboxylic acids is 1. The molecule has 140 valence electrons. The summed E-state index contributed by atoms with van der Waals surface area (Å²) in [5.41, 5.74) is 2.35. The minimum Gasteiger partial charge on any atom is -0.343 e. The van der Waals surface area contributed by atoms with Crippen molar-refractivity contribution in [3.63, 3.8) is 0 Å². The lowest BCUT2D eigenvalue weighted by molar-refractivity contribution is -0.130. The van der Waals surface area contributed by atoms with E-state index < -0.39 is 0 Å². The number of piperidine rings is 1. The van der Waals surface area contributed by atoms with Gasteiger partial charge in [-0.15, -0.1) is 0 Å². The summed E-state index contributed by atoms with van der Waals surface area (Å²) < 4.78 is 2.14. The molecule has 25 heavy (non-hydrogen) atoms. The van der Waals surface area contributed by atoms with Crippen LogP contribution in [0, 0.1) is 19.8 Å². The van der Waals surface area contributed by atoms with Crippen LogP contribution in [0.1, 0.15) is 56.8 Å². The molecule has 1 amide bonds. The molecule has 5 nitrogen and oxygen atoms in total. The third kappa shape index (κ3) is 4.84. The molecule has 3 heterocycles. The molecule has 0 radical (unpaired) electrons. The van der Waals surface area contributed by atoms with Crippen molar-refractivity contribution in [2.45, 2.75) is 71.9 Å². The molecule has 1 atom stereocenters. The lowest BCUT2D eigenvalue weighted by Crippen LogP contribution is -2.42. The van der Waals surface area contributed by atoms with Crippen molar-refractivity contribution in [1.82, 2.24) is 19.6 Å². The van der Waals surface area contributed by atoms with Gasteiger partial charge in [0.05, 0.1) is 12.2 Å². The molecule has 1 aromatic heterocycles. The van der Waals surface area contributed by atoms with Crippen LogP contribution in [0.25, 0.3) is 0 Å². The molecule has 2 fully saturated rings. The van der Waals surface area contributed by atoms with Gasteiger partial charge < -0.3 is 4.90 Å². The molecule has 1 aromatic rings. The Hall–Kier alpha value is -1.36. The summed E-state index contributed by atoms with van der Waals surface area (Å²) in [5.74, 6) is 1.11. The van der Waals surface area contributed by atoms with Crippen molar-refractivity contribution >= 4 is 5.91 Å². The molecule has 2 aliphatic heterocycles. The molecule has 0 saturated carbocycles. The van der Waals surface area contributed by atoms with Gasteiger partial charge in [0, 0.05) is 31.2 Å². The Balaban J connectivity index is 1.39. The molecule has 2 saturated heterocycles. The van der Waals surface area contributed by atoms with Crippen LogP contribution in [0.3, 0.4) is 0 Å². The number of likely N-dealkylation sites (tertiary alicyclic amines) is 2. The van der Waals surface area contributed by atoms with Crippen molar-refractivity contribution in [3.8, 4) is 0 Å². The number of aromatic nitrogens is 2. The lowest BCUT2D eigenvalue weighted by Gasteiger charge is -2.36. The Morgan fingerprint density at radius 2 is 1.88 bits per heavy atom. The van der Waals surface area contributed by atoms with Crippen LogP contribution >= 0.6 is 0 Å². The van der Waals surface area contributed by atoms with Gasteiger partial charge in [0.1, 0.15) is 0 Å². The van der Waals surface area contributed by atoms with E-state index in [4.69, 9.17) is 0 Å². The number of hydrogen-bond acceptors (Lipinski definition) is 3. The van der Waals surface area contributed by atoms with E-state index in [9.17, 15) is 4.79 Å². The highest BCUT2D eigenvalue weighted by atomic mass is 16.2. The van der Waals surface area contributed by atoms with Crippen molar-refractivity contribution in [2.24, 2.45) is 5.92 Å². The van der Waals surface area contributed by atoms with Crippen LogP contribution in [0.15, 0.2) is 6.07 Å². The molecule has 1 unspecified atom stereocenters. The van der Waals surface area contributed by atoms with Crippen molar-refractivity contribution in [2.75, 3.05) is 26.2 Å². The van der Waals surface area contributed by atoms with Gasteiger partial charge in [-0.05, 0) is 77.9 Å². The second kappa shape index (κ2) is 8.35. The lowest BCUT2D eigenvalue weighted by atomic mass is 9.91. The molecular formula is C20H34N4O. The molecule has 0 spiro atoms. The first-order chi connectivity index (χ1) is 12.0. The Morgan fingerprint density at radius 3 is 2.48 bits per heavy atom. The van der Waals surface area contributed by atoms with Crippen LogP contribution in [-0.2, 0) is 11.3 Å². The average Bonchev–Trinajstić information content (AvgIpc) is 3.23. The first-order valence-corrected chi connectivity index (χ1v) is 10.1. The molecule has 0 N–H and O–H groups in total. The van der Waals surface area contributed by atoms with Crippen LogP contribution in [0.2, 0.25) is 0 Å². The zero-order chi connectivity index (χ0) is 17.8. The van der Waals surface area contributed by atoms with Gasteiger partial charge in [0.15, 0.2) is 0 Å². The normalized spacial score (nSPS) is 21.0. The standard InChI is InChI=1S/C20H34N4O/c1-16-14-17(2)24(21-16)15-18(3)22-12-8-19(9-13-22)6-7-20(25)23-10-4-5-11-23/h14,18-19H,4-13,15H2,1-3H3. The quantitative estimate of drug-likeness (QED) is 0.795. The Labute approximate surface area is 152 Å². The molecule has 3 rings (SSSR count). The van der Waals surface area contributed by atoms with E-state index in [0.29, 0.717) is 11.9 Å². The topological polar surface area (TPSA) is 41.4 Å². The van der Waals surface area contributed by atoms with E-state index in [2.05, 4.69) is 46.4 Å². The maximum Gasteiger partial charge on any atom is 0.222 e. The minimum absolute atomic E-state index is 0.387. The van der Waals surface area contributed by atoms with Crippen LogP contribution in [0.5, 0.6) is 0 Å². The third-order valence-corrected chi connectivity index (χ3v) is 6.04. The summed E-state index contributed by atoms with van der Waals surface area (Å²) in [5, 5.41) is 4.59. The number of hydrogen-bond donors (Lipinski definition) is 0. The van der Waals surface area contributed by atoms with Crippen molar-refractivity contribution in [1.29, 1.82) is 0 Å². The Morgan fingerprint density at radius 1 is 1.20 bits per heavy atom. The first kappa shape index (κ1) is 18.4. The predicted octanol–water partition coefficient (Wildman–Crippen LogP) is 3.00. The highest BCUT2D eigenvalue weighted by Crippen LogP contribution is 2.24. The summed E-state index contributed by atoms with van der Waals surface area (Å²) in [4.78, 5) is 16.9. The SMILES string of the molecule is Cc1cc(C)n(CC(C)N2CCC(CCC(=O)N3CCCC3)CC2)n1. The second-order valence-electron chi connectivity index (χ2n) is 8.06. The largest absolute Gasteiger partial charge is 0.343 e. The van der Waals surface area contributed by atoms with Gasteiger partial charge in [-0.1, -0.05) is 0 Å². The number of amides is 1. The van der Waals surface area contributed by atoms with Gasteiger partial charge in [0.25, 0.3) is 0 Å². The maximum absolute atomic E-state index is 12.2. The highest BCUT2D eigenvalue weighted by Gasteiger charge is 2.25. The molecular weight excluding hydrogens is 312 g/mol. The maximum atomic E-state index is 12.2. The fourth-order valence-corrected chi connectivity index (χ4v) is 4.36. The first-order valence-electron chi connectivity index (χ1n) is 10.1. The van der Waals surface area contributed by atoms with Gasteiger partial charge in [0.2, 0.25) is 5.91 Å². The van der Waals surface area contributed by atoms with E-state index in [-0.39, 0.29) is 0 Å². The van der Waals surface area contributed by atoms with E-state index in [0.717, 1.165) is 57.2 Å². The fourth-order valence-electron chi connectivity index (χ4n) is 4.36. The number of carbonyl (C=O) groups is 1. The van der Waals surface area contributed by atoms with E-state index in [1.54, 1.807) is 0 Å². The molecule has 0 bridgehead atoms. The summed E-state index contributed by atoms with van der Waals surface area (Å²) in [6.45, 7) is 11.8. The monoisotopic (exact) mass is 346 g/mol. The third-order valence-electron chi connectivity index (χ3n) is 6.04. The number of aryl methyl sites for hydroxylation is 2. The van der Waals surface area contributed by atoms with Gasteiger partial charge in [-0.2, -0.15) is 5.10 Å². The number of nitrogens with zero attached hydrogens (tertiary/aromatic N) is 4. The number of rotatable bonds is 6. The average molecular weight is 347 g/mol. The predicted molar refractivity (Wildman–Crippen MR) is 101 cm³/mol. The molecule has 5 heteroatoms. The zero-order valence-electron chi connectivity index (χ0n) is 16.2. The summed E-state index contributed by atoms with van der Waals surface area (Å²) in [6, 6.07) is 2.67. The molecule has 0 aromatic carbocycles. The van der Waals surface area contributed by atoms with Gasteiger partial charge >= 0.3 is 0 Å². The van der Waals surface area contributed by atoms with E-state index in [1.807, 2.05) is 0 Å². The summed E-state index contributed by atoms with van der Waals surface area (Å²) in [6.07, 6.45) is 6.68. The summed E-state index contributed by atoms with van der Waals surface area (Å²) in [7, 11) is 0. The highest BCUT2D eigenvalue weighted by molar-refractivity contribution is 5.76.